The lowest BCUT2D eigenvalue weighted by Crippen LogP contribution is -2.71. The zero-order valence-corrected chi connectivity index (χ0v) is 25.4. The molecule has 19 heteroatoms. The fraction of sp³-hybridized carbons (Fsp3) is 0.269. The summed E-state index contributed by atoms with van der Waals surface area (Å²) in [6.45, 7) is 0.427. The van der Waals surface area contributed by atoms with Gasteiger partial charge in [-0.1, -0.05) is 0 Å². The van der Waals surface area contributed by atoms with E-state index in [0.29, 0.717) is 24.4 Å². The van der Waals surface area contributed by atoms with Crippen molar-refractivity contribution in [3.8, 4) is 5.75 Å². The summed E-state index contributed by atoms with van der Waals surface area (Å²) in [6, 6.07) is 1.63. The number of thioether (sulfide) groups is 2. The number of aliphatic hydroxyl groups is 1. The number of anilines is 1. The SMILES string of the molecule is Nc1nc(C(NC(=O)c2cc(=O)c(O)cn2O)C(=O)N[C@@H]2C(=O)N3C(C(=O)[O-])=C(CSc4cc[n+](CCO)cc4)CS[C@H]23)cs1. The van der Waals surface area contributed by atoms with Crippen LogP contribution in [-0.4, -0.2) is 83.3 Å². The van der Waals surface area contributed by atoms with Crippen molar-refractivity contribution in [1.82, 2.24) is 25.2 Å². The van der Waals surface area contributed by atoms with E-state index in [9.17, 15) is 39.4 Å². The van der Waals surface area contributed by atoms with E-state index in [1.165, 1.54) is 28.9 Å². The highest BCUT2D eigenvalue weighted by molar-refractivity contribution is 8.01. The monoisotopic (exact) mass is 675 g/mol. The first-order valence-electron chi connectivity index (χ1n) is 13.1. The molecule has 0 aromatic carbocycles. The van der Waals surface area contributed by atoms with Crippen LogP contribution in [0.2, 0.25) is 0 Å². The van der Waals surface area contributed by atoms with E-state index in [1.54, 1.807) is 17.0 Å². The average Bonchev–Trinajstić information content (AvgIpc) is 3.44. The molecule has 45 heavy (non-hydrogen) atoms. The Morgan fingerprint density at radius 3 is 2.64 bits per heavy atom. The molecule has 1 fully saturated rings. The maximum absolute atomic E-state index is 13.4. The number of carbonyl (C=O) groups excluding carboxylic acids is 4. The Labute approximate surface area is 266 Å². The van der Waals surface area contributed by atoms with Crippen LogP contribution in [-0.2, 0) is 20.9 Å². The topological polar surface area (TPSA) is 244 Å². The number of aromatic hydroxyl groups is 1. The molecule has 0 saturated carbocycles. The van der Waals surface area contributed by atoms with Gasteiger partial charge in [-0.15, -0.1) is 34.9 Å². The predicted molar refractivity (Wildman–Crippen MR) is 158 cm³/mol. The molecule has 2 aliphatic heterocycles. The van der Waals surface area contributed by atoms with Gasteiger partial charge < -0.3 is 41.7 Å². The molecule has 0 radical (unpaired) electrons. The van der Waals surface area contributed by atoms with Crippen LogP contribution in [0.3, 0.4) is 0 Å². The van der Waals surface area contributed by atoms with E-state index in [4.69, 9.17) is 10.8 Å². The normalized spacial score (nSPS) is 18.2. The van der Waals surface area contributed by atoms with Gasteiger partial charge >= 0.3 is 0 Å². The number of fused-ring (bicyclic) bond motifs is 1. The number of β-lactam (4-membered cyclic amide) rings is 1. The van der Waals surface area contributed by atoms with Gasteiger partial charge in [-0.3, -0.25) is 24.1 Å². The third-order valence-electron chi connectivity index (χ3n) is 6.79. The number of pyridine rings is 2. The van der Waals surface area contributed by atoms with Gasteiger partial charge in [0.25, 0.3) is 11.8 Å². The van der Waals surface area contributed by atoms with Crippen molar-refractivity contribution in [2.75, 3.05) is 23.8 Å². The van der Waals surface area contributed by atoms with E-state index in [1.807, 2.05) is 12.1 Å². The Balaban J connectivity index is 1.31. The second kappa shape index (κ2) is 13.2. The first-order valence-corrected chi connectivity index (χ1v) is 16.0. The van der Waals surface area contributed by atoms with E-state index in [2.05, 4.69) is 15.6 Å². The highest BCUT2D eigenvalue weighted by Gasteiger charge is 2.53. The lowest BCUT2D eigenvalue weighted by atomic mass is 10.0. The fourth-order valence-corrected chi connectivity index (χ4v) is 7.55. The average molecular weight is 676 g/mol. The Kier molecular flexibility index (Phi) is 9.32. The van der Waals surface area contributed by atoms with Crippen LogP contribution in [0.4, 0.5) is 5.13 Å². The van der Waals surface area contributed by atoms with Gasteiger partial charge in [-0.05, 0) is 5.57 Å². The van der Waals surface area contributed by atoms with Crippen molar-refractivity contribution in [2.45, 2.75) is 28.9 Å². The van der Waals surface area contributed by atoms with Crippen LogP contribution in [0.1, 0.15) is 22.2 Å². The number of amides is 3. The number of aromatic nitrogens is 3. The van der Waals surface area contributed by atoms with E-state index >= 15 is 0 Å². The van der Waals surface area contributed by atoms with E-state index in [-0.39, 0.29) is 39.4 Å². The zero-order valence-electron chi connectivity index (χ0n) is 23.0. The quantitative estimate of drug-likeness (QED) is 0.0547. The van der Waals surface area contributed by atoms with Gasteiger partial charge in [0.1, 0.15) is 23.7 Å². The van der Waals surface area contributed by atoms with Crippen molar-refractivity contribution >= 4 is 63.7 Å². The molecule has 7 N–H and O–H groups in total. The van der Waals surface area contributed by atoms with Crippen LogP contribution < -0.4 is 31.5 Å². The molecule has 0 spiro atoms. The van der Waals surface area contributed by atoms with Gasteiger partial charge in [-0.2, -0.15) is 4.73 Å². The zero-order chi connectivity index (χ0) is 32.4. The standard InChI is InChI=1S/C26H25N7O9S3/c27-26-28-14(11-45-26)18(29-21(37)15-7-16(35)17(36)8-32(15)42)22(38)30-19-23(39)33-20(25(40)41)12(10-44-24(19)33)9-43-13-1-3-31(4-2-13)5-6-34/h1-4,7-8,11,18-19,24,34,42H,5-6,9-10H2,(H5-,27,28,29,30,36,37,38,40,41)/t18?,19-,24-/m1/s1. The molecule has 2 aliphatic rings. The summed E-state index contributed by atoms with van der Waals surface area (Å²) < 4.78 is 2.00. The largest absolute Gasteiger partial charge is 0.543 e. The highest BCUT2D eigenvalue weighted by atomic mass is 32.2. The number of rotatable bonds is 11. The molecular formula is C26H25N7O9S3. The van der Waals surface area contributed by atoms with Crippen molar-refractivity contribution in [3.63, 3.8) is 0 Å². The Morgan fingerprint density at radius 2 is 2.00 bits per heavy atom. The third-order valence-corrected chi connectivity index (χ3v) is 9.92. The van der Waals surface area contributed by atoms with Crippen LogP contribution in [0.5, 0.6) is 5.75 Å². The van der Waals surface area contributed by atoms with Gasteiger partial charge in [0, 0.05) is 40.0 Å². The highest BCUT2D eigenvalue weighted by Crippen LogP contribution is 2.41. The minimum Gasteiger partial charge on any atom is -0.543 e. The molecule has 0 aliphatic carbocycles. The van der Waals surface area contributed by atoms with Crippen molar-refractivity contribution in [1.29, 1.82) is 0 Å². The maximum Gasteiger partial charge on any atom is 0.272 e. The second-order valence-corrected chi connectivity index (χ2v) is 12.7. The lowest BCUT2D eigenvalue weighted by molar-refractivity contribution is -0.698. The summed E-state index contributed by atoms with van der Waals surface area (Å²) in [7, 11) is 0. The number of aliphatic hydroxyl groups excluding tert-OH is 1. The number of carboxylic acid groups (broad SMARTS) is 1. The molecule has 5 heterocycles. The van der Waals surface area contributed by atoms with Crippen LogP contribution in [0.25, 0.3) is 0 Å². The predicted octanol–water partition coefficient (Wildman–Crippen LogP) is -2.22. The van der Waals surface area contributed by atoms with E-state index < -0.39 is 58.0 Å². The summed E-state index contributed by atoms with van der Waals surface area (Å²) in [5, 5.41) is 46.3. The molecular weight excluding hydrogens is 651 g/mol. The van der Waals surface area contributed by atoms with Crippen molar-refractivity contribution in [2.24, 2.45) is 0 Å². The number of carboxylic acids is 1. The van der Waals surface area contributed by atoms with Crippen molar-refractivity contribution < 1.29 is 44.3 Å². The smallest absolute Gasteiger partial charge is 0.272 e. The minimum atomic E-state index is -1.53. The van der Waals surface area contributed by atoms with Crippen LogP contribution >= 0.6 is 34.9 Å². The van der Waals surface area contributed by atoms with Gasteiger partial charge in [0.05, 0.1) is 23.6 Å². The number of carbonyl (C=O) groups is 4. The Bertz CT molecular complexity index is 1760. The minimum absolute atomic E-state index is 0.00585. The second-order valence-electron chi connectivity index (χ2n) is 9.69. The summed E-state index contributed by atoms with van der Waals surface area (Å²) in [4.78, 5) is 69.5. The van der Waals surface area contributed by atoms with Gasteiger partial charge in [0.2, 0.25) is 11.3 Å². The molecule has 16 nitrogen and oxygen atoms in total. The van der Waals surface area contributed by atoms with Gasteiger partial charge in [0.15, 0.2) is 35.9 Å². The van der Waals surface area contributed by atoms with E-state index in [0.717, 1.165) is 21.1 Å². The Morgan fingerprint density at radius 1 is 1.27 bits per heavy atom. The molecule has 1 saturated heterocycles. The molecule has 236 valence electrons. The number of aliphatic carboxylic acids is 1. The number of hydrogen-bond acceptors (Lipinski definition) is 14. The van der Waals surface area contributed by atoms with Gasteiger partial charge in [-0.25, -0.2) is 9.55 Å². The molecule has 5 rings (SSSR count). The molecule has 0 bridgehead atoms. The lowest BCUT2D eigenvalue weighted by Gasteiger charge is -2.51. The first kappa shape index (κ1) is 31.8. The van der Waals surface area contributed by atoms with Crippen molar-refractivity contribution in [3.05, 3.63) is 75.1 Å². The summed E-state index contributed by atoms with van der Waals surface area (Å²) in [6.07, 6.45) is 4.18. The molecule has 3 aromatic heterocycles. The van der Waals surface area contributed by atoms with Crippen LogP contribution in [0, 0.1) is 0 Å². The molecule has 3 amide bonds. The Hall–Kier alpha value is -4.59. The summed E-state index contributed by atoms with van der Waals surface area (Å²) in [5.74, 6) is -4.51. The number of hydrogen-bond donors (Lipinski definition) is 6. The third kappa shape index (κ3) is 6.60. The summed E-state index contributed by atoms with van der Waals surface area (Å²) >= 11 is 3.59. The molecule has 3 aromatic rings. The summed E-state index contributed by atoms with van der Waals surface area (Å²) in [5.41, 5.74) is 4.37. The fourth-order valence-electron chi connectivity index (χ4n) is 4.59. The number of nitrogen functional groups attached to an aromatic ring is 1. The first-order chi connectivity index (χ1) is 21.5. The number of nitrogens with zero attached hydrogens (tertiary/aromatic N) is 4. The number of nitrogens with two attached hydrogens (primary N) is 1. The molecule has 1 unspecified atom stereocenters. The van der Waals surface area contributed by atoms with Crippen LogP contribution in [0.15, 0.2) is 63.1 Å². The molecule has 3 atom stereocenters. The maximum atomic E-state index is 13.4. The number of nitrogens with one attached hydrogen (secondary N) is 2. The number of thiazole rings is 1.